The summed E-state index contributed by atoms with van der Waals surface area (Å²) < 4.78 is 13.0. The van der Waals surface area contributed by atoms with E-state index in [4.69, 9.17) is 5.11 Å². The Morgan fingerprint density at radius 3 is 2.82 bits per heavy atom. The van der Waals surface area contributed by atoms with Crippen LogP contribution >= 0.6 is 0 Å². The number of nitrogens with zero attached hydrogens (tertiary/aromatic N) is 1. The zero-order chi connectivity index (χ0) is 12.4. The Morgan fingerprint density at radius 2 is 2.18 bits per heavy atom. The summed E-state index contributed by atoms with van der Waals surface area (Å²) in [4.78, 5) is 28.1. The van der Waals surface area contributed by atoms with Crippen molar-refractivity contribution < 1.29 is 14.3 Å². The zero-order valence-electron chi connectivity index (χ0n) is 8.48. The highest BCUT2D eigenvalue weighted by Gasteiger charge is 2.11. The summed E-state index contributed by atoms with van der Waals surface area (Å²) in [6, 6.07) is 5.23. The molecule has 0 saturated carbocycles. The second kappa shape index (κ2) is 4.17. The van der Waals surface area contributed by atoms with Crippen molar-refractivity contribution in [3.63, 3.8) is 0 Å². The highest BCUT2D eigenvalue weighted by molar-refractivity contribution is 5.85. The molecule has 17 heavy (non-hydrogen) atoms. The van der Waals surface area contributed by atoms with E-state index in [-0.39, 0.29) is 17.0 Å². The molecule has 0 bridgehead atoms. The van der Waals surface area contributed by atoms with Crippen LogP contribution in [-0.2, 0) is 0 Å². The van der Waals surface area contributed by atoms with E-state index in [1.807, 2.05) is 0 Å². The summed E-state index contributed by atoms with van der Waals surface area (Å²) in [5.41, 5.74) is -0.761. The summed E-state index contributed by atoms with van der Waals surface area (Å²) >= 11 is 0. The van der Waals surface area contributed by atoms with Gasteiger partial charge in [-0.2, -0.15) is 0 Å². The number of hydrogen-bond acceptors (Lipinski definition) is 3. The number of hydrogen-bond donors (Lipinski definition) is 2. The molecule has 0 unspecified atom stereocenters. The molecule has 2 aromatic rings. The van der Waals surface area contributed by atoms with Gasteiger partial charge in [0.1, 0.15) is 11.5 Å². The molecule has 0 spiro atoms. The van der Waals surface area contributed by atoms with Gasteiger partial charge in [-0.15, -0.1) is 0 Å². The Morgan fingerprint density at radius 1 is 1.41 bits per heavy atom. The highest BCUT2D eigenvalue weighted by Crippen LogP contribution is 2.14. The summed E-state index contributed by atoms with van der Waals surface area (Å²) in [6.07, 6.45) is 0.994. The minimum absolute atomic E-state index is 0.121. The molecule has 0 amide bonds. The van der Waals surface area contributed by atoms with Crippen molar-refractivity contribution in [1.29, 1.82) is 0 Å². The average molecular weight is 234 g/mol. The highest BCUT2D eigenvalue weighted by atomic mass is 19.1. The van der Waals surface area contributed by atoms with E-state index in [2.05, 4.69) is 9.97 Å². The van der Waals surface area contributed by atoms with Crippen LogP contribution in [-0.4, -0.2) is 21.0 Å². The molecule has 0 aliphatic heterocycles. The molecule has 0 saturated heterocycles. The quantitative estimate of drug-likeness (QED) is 0.819. The minimum atomic E-state index is -1.26. The van der Waals surface area contributed by atoms with Crippen molar-refractivity contribution in [2.24, 2.45) is 0 Å². The number of aromatic carboxylic acids is 1. The van der Waals surface area contributed by atoms with Crippen molar-refractivity contribution in [2.75, 3.05) is 0 Å². The van der Waals surface area contributed by atoms with Crippen molar-refractivity contribution in [3.8, 4) is 11.3 Å². The first-order chi connectivity index (χ1) is 8.08. The number of aromatic nitrogens is 2. The lowest BCUT2D eigenvalue weighted by atomic mass is 10.1. The maximum Gasteiger partial charge on any atom is 0.356 e. The van der Waals surface area contributed by atoms with Crippen LogP contribution in [0.3, 0.4) is 0 Å². The SMILES string of the molecule is O=C(O)c1c[nH]c(=O)c(-c2cccc(F)c2)n1. The first-order valence-corrected chi connectivity index (χ1v) is 4.67. The number of aromatic amines is 1. The van der Waals surface area contributed by atoms with E-state index in [1.165, 1.54) is 18.2 Å². The van der Waals surface area contributed by atoms with Crippen LogP contribution in [0, 0.1) is 5.82 Å². The smallest absolute Gasteiger partial charge is 0.356 e. The van der Waals surface area contributed by atoms with Crippen LogP contribution in [0.15, 0.2) is 35.3 Å². The van der Waals surface area contributed by atoms with Gasteiger partial charge in [-0.05, 0) is 12.1 Å². The third kappa shape index (κ3) is 2.20. The predicted octanol–water partition coefficient (Wildman–Crippen LogP) is 1.27. The summed E-state index contributed by atoms with van der Waals surface area (Å²) in [7, 11) is 0. The zero-order valence-corrected chi connectivity index (χ0v) is 8.48. The fraction of sp³-hybridized carbons (Fsp3) is 0. The van der Waals surface area contributed by atoms with Gasteiger partial charge < -0.3 is 10.1 Å². The molecule has 0 fully saturated rings. The van der Waals surface area contributed by atoms with Gasteiger partial charge >= 0.3 is 5.97 Å². The largest absolute Gasteiger partial charge is 0.476 e. The molecule has 1 aromatic carbocycles. The standard InChI is InChI=1S/C11H7FN2O3/c12-7-3-1-2-6(4-7)9-10(15)13-5-8(14-9)11(16)17/h1-5H,(H,13,15)(H,16,17). The number of benzene rings is 1. The Balaban J connectivity index is 2.62. The van der Waals surface area contributed by atoms with Gasteiger partial charge in [-0.25, -0.2) is 14.2 Å². The molecular weight excluding hydrogens is 227 g/mol. The number of carboxylic acids is 1. The molecule has 86 valence electrons. The Kier molecular flexibility index (Phi) is 2.70. The van der Waals surface area contributed by atoms with Gasteiger partial charge in [-0.1, -0.05) is 12.1 Å². The molecular formula is C11H7FN2O3. The Labute approximate surface area is 94.6 Å². The summed E-state index contributed by atoms with van der Waals surface area (Å²) in [5, 5.41) is 8.74. The Hall–Kier alpha value is -2.50. The lowest BCUT2D eigenvalue weighted by Crippen LogP contribution is -2.15. The molecule has 1 aromatic heterocycles. The Bertz CT molecular complexity index is 637. The van der Waals surface area contributed by atoms with Crippen LogP contribution in [0.5, 0.6) is 0 Å². The van der Waals surface area contributed by atoms with Gasteiger partial charge in [0.05, 0.1) is 0 Å². The molecule has 0 aliphatic carbocycles. The van der Waals surface area contributed by atoms with Gasteiger partial charge in [0.2, 0.25) is 0 Å². The molecule has 6 heteroatoms. The molecule has 0 aliphatic rings. The van der Waals surface area contributed by atoms with Crippen molar-refractivity contribution in [2.45, 2.75) is 0 Å². The first-order valence-electron chi connectivity index (χ1n) is 4.67. The van der Waals surface area contributed by atoms with Crippen LogP contribution in [0.25, 0.3) is 11.3 Å². The molecule has 1 heterocycles. The molecule has 0 atom stereocenters. The maximum atomic E-state index is 13.0. The lowest BCUT2D eigenvalue weighted by molar-refractivity contribution is 0.0690. The van der Waals surface area contributed by atoms with E-state index in [9.17, 15) is 14.0 Å². The third-order valence-corrected chi connectivity index (χ3v) is 2.10. The number of carbonyl (C=O) groups is 1. The number of nitrogens with one attached hydrogen (secondary N) is 1. The fourth-order valence-electron chi connectivity index (χ4n) is 1.35. The van der Waals surface area contributed by atoms with E-state index < -0.39 is 17.3 Å². The predicted molar refractivity (Wildman–Crippen MR) is 57.2 cm³/mol. The normalized spacial score (nSPS) is 10.2. The van der Waals surface area contributed by atoms with Crippen molar-refractivity contribution in [1.82, 2.24) is 9.97 Å². The third-order valence-electron chi connectivity index (χ3n) is 2.10. The maximum absolute atomic E-state index is 13.0. The van der Waals surface area contributed by atoms with E-state index >= 15 is 0 Å². The fourth-order valence-corrected chi connectivity index (χ4v) is 1.35. The van der Waals surface area contributed by atoms with Gasteiger partial charge in [0.25, 0.3) is 5.56 Å². The first kappa shape index (κ1) is 11.0. The van der Waals surface area contributed by atoms with Gasteiger partial charge in [0.15, 0.2) is 5.69 Å². The second-order valence-corrected chi connectivity index (χ2v) is 3.28. The van der Waals surface area contributed by atoms with Crippen LogP contribution in [0.2, 0.25) is 0 Å². The van der Waals surface area contributed by atoms with E-state index in [0.717, 1.165) is 12.3 Å². The number of H-pyrrole nitrogens is 1. The summed E-state index contributed by atoms with van der Waals surface area (Å²) in [5.74, 6) is -1.79. The molecule has 0 radical (unpaired) electrons. The van der Waals surface area contributed by atoms with E-state index in [0.29, 0.717) is 0 Å². The van der Waals surface area contributed by atoms with Crippen LogP contribution in [0.4, 0.5) is 4.39 Å². The average Bonchev–Trinajstić information content (AvgIpc) is 2.29. The molecule has 5 nitrogen and oxygen atoms in total. The summed E-state index contributed by atoms with van der Waals surface area (Å²) in [6.45, 7) is 0. The molecule has 2 N–H and O–H groups in total. The topological polar surface area (TPSA) is 83.0 Å². The van der Waals surface area contributed by atoms with Gasteiger partial charge in [-0.3, -0.25) is 4.79 Å². The lowest BCUT2D eigenvalue weighted by Gasteiger charge is -2.01. The number of rotatable bonds is 2. The number of halogens is 1. The number of carboxylic acid groups (broad SMARTS) is 1. The minimum Gasteiger partial charge on any atom is -0.476 e. The van der Waals surface area contributed by atoms with Crippen LogP contribution < -0.4 is 5.56 Å². The van der Waals surface area contributed by atoms with Crippen molar-refractivity contribution in [3.05, 3.63) is 52.3 Å². The van der Waals surface area contributed by atoms with Crippen molar-refractivity contribution >= 4 is 5.97 Å². The second-order valence-electron chi connectivity index (χ2n) is 3.28. The molecule has 2 rings (SSSR count). The van der Waals surface area contributed by atoms with Crippen LogP contribution in [0.1, 0.15) is 10.5 Å². The van der Waals surface area contributed by atoms with E-state index in [1.54, 1.807) is 0 Å². The monoisotopic (exact) mass is 234 g/mol. The van der Waals surface area contributed by atoms with Gasteiger partial charge in [0, 0.05) is 11.8 Å².